The molecule has 0 aromatic heterocycles. The fraction of sp³-hybridized carbons (Fsp3) is 0.588. The van der Waals surface area contributed by atoms with Gasteiger partial charge in [-0.15, -0.1) is 12.4 Å². The smallest absolute Gasteiger partial charge is 0.246 e. The Labute approximate surface area is 160 Å². The van der Waals surface area contributed by atoms with Gasteiger partial charge in [0, 0.05) is 24.8 Å². The zero-order valence-electron chi connectivity index (χ0n) is 14.9. The van der Waals surface area contributed by atoms with Gasteiger partial charge >= 0.3 is 0 Å². The first-order valence-corrected chi connectivity index (χ1v) is 10.2. The third-order valence-corrected chi connectivity index (χ3v) is 6.68. The summed E-state index contributed by atoms with van der Waals surface area (Å²) in [6.07, 6.45) is 4.68. The van der Waals surface area contributed by atoms with Crippen molar-refractivity contribution in [2.24, 2.45) is 0 Å². The zero-order valence-corrected chi connectivity index (χ0v) is 16.5. The van der Waals surface area contributed by atoms with E-state index in [0.29, 0.717) is 18.8 Å². The number of sulfonamides is 1. The molecule has 1 aromatic rings. The molecule has 2 aliphatic rings. The minimum absolute atomic E-state index is 0. The SMILES string of the molecule is COc1cc(NC(=O)C2CCCCN2)ccc1S(=O)(=O)N1CCCC1.Cl. The molecular weight excluding hydrogens is 378 g/mol. The number of rotatable bonds is 5. The first-order valence-electron chi connectivity index (χ1n) is 8.75. The number of nitrogens with zero attached hydrogens (tertiary/aromatic N) is 1. The molecule has 26 heavy (non-hydrogen) atoms. The van der Waals surface area contributed by atoms with Crippen LogP contribution in [0.1, 0.15) is 32.1 Å². The Morgan fingerprint density at radius 2 is 1.96 bits per heavy atom. The number of benzene rings is 1. The molecule has 0 spiro atoms. The van der Waals surface area contributed by atoms with E-state index >= 15 is 0 Å². The minimum Gasteiger partial charge on any atom is -0.495 e. The summed E-state index contributed by atoms with van der Waals surface area (Å²) in [6.45, 7) is 1.92. The van der Waals surface area contributed by atoms with Crippen LogP contribution in [0.4, 0.5) is 5.69 Å². The highest BCUT2D eigenvalue weighted by Crippen LogP contribution is 2.31. The van der Waals surface area contributed by atoms with Crippen LogP contribution in [0, 0.1) is 0 Å². The van der Waals surface area contributed by atoms with Gasteiger partial charge in [0.2, 0.25) is 15.9 Å². The number of anilines is 1. The van der Waals surface area contributed by atoms with Gasteiger partial charge in [-0.3, -0.25) is 4.79 Å². The first-order chi connectivity index (χ1) is 12.0. The molecule has 1 unspecified atom stereocenters. The third kappa shape index (κ3) is 4.49. The number of methoxy groups -OCH3 is 1. The van der Waals surface area contributed by atoms with E-state index in [1.54, 1.807) is 12.1 Å². The molecule has 2 saturated heterocycles. The van der Waals surface area contributed by atoms with Crippen molar-refractivity contribution in [1.82, 2.24) is 9.62 Å². The third-order valence-electron chi connectivity index (χ3n) is 4.74. The second-order valence-electron chi connectivity index (χ2n) is 6.47. The van der Waals surface area contributed by atoms with Crippen LogP contribution in [0.2, 0.25) is 0 Å². The van der Waals surface area contributed by atoms with Crippen molar-refractivity contribution >= 4 is 34.0 Å². The normalized spacial score (nSPS) is 21.0. The summed E-state index contributed by atoms with van der Waals surface area (Å²) < 4.78 is 32.3. The summed E-state index contributed by atoms with van der Waals surface area (Å²) >= 11 is 0. The maximum atomic E-state index is 12.7. The van der Waals surface area contributed by atoms with E-state index in [0.717, 1.165) is 38.6 Å². The van der Waals surface area contributed by atoms with E-state index in [-0.39, 0.29) is 35.0 Å². The van der Waals surface area contributed by atoms with Crippen molar-refractivity contribution in [3.63, 3.8) is 0 Å². The lowest BCUT2D eigenvalue weighted by atomic mass is 10.0. The van der Waals surface area contributed by atoms with Crippen LogP contribution >= 0.6 is 12.4 Å². The molecule has 0 saturated carbocycles. The molecule has 2 N–H and O–H groups in total. The van der Waals surface area contributed by atoms with Gasteiger partial charge in [0.15, 0.2) is 0 Å². The molecule has 2 heterocycles. The summed E-state index contributed by atoms with van der Waals surface area (Å²) in [6, 6.07) is 4.50. The largest absolute Gasteiger partial charge is 0.495 e. The summed E-state index contributed by atoms with van der Waals surface area (Å²) in [5.74, 6) is 0.151. The van der Waals surface area contributed by atoms with Crippen LogP contribution in [0.15, 0.2) is 23.1 Å². The number of carbonyl (C=O) groups is 1. The van der Waals surface area contributed by atoms with Gasteiger partial charge in [0.25, 0.3) is 0 Å². The molecule has 0 bridgehead atoms. The lowest BCUT2D eigenvalue weighted by molar-refractivity contribution is -0.118. The summed E-state index contributed by atoms with van der Waals surface area (Å²) in [5, 5.41) is 6.04. The van der Waals surface area contributed by atoms with Crippen LogP contribution in [0.3, 0.4) is 0 Å². The van der Waals surface area contributed by atoms with Crippen molar-refractivity contribution in [1.29, 1.82) is 0 Å². The van der Waals surface area contributed by atoms with Crippen molar-refractivity contribution in [2.45, 2.75) is 43.0 Å². The lowest BCUT2D eigenvalue weighted by Gasteiger charge is -2.23. The lowest BCUT2D eigenvalue weighted by Crippen LogP contribution is -2.43. The molecule has 1 aromatic carbocycles. The van der Waals surface area contributed by atoms with Crippen molar-refractivity contribution in [3.05, 3.63) is 18.2 Å². The average molecular weight is 404 g/mol. The van der Waals surface area contributed by atoms with Gasteiger partial charge < -0.3 is 15.4 Å². The topological polar surface area (TPSA) is 87.7 Å². The Morgan fingerprint density at radius 1 is 1.23 bits per heavy atom. The highest BCUT2D eigenvalue weighted by atomic mass is 35.5. The predicted molar refractivity (Wildman–Crippen MR) is 103 cm³/mol. The minimum atomic E-state index is -3.56. The maximum absolute atomic E-state index is 12.7. The van der Waals surface area contributed by atoms with Crippen LogP contribution < -0.4 is 15.4 Å². The van der Waals surface area contributed by atoms with E-state index in [4.69, 9.17) is 4.74 Å². The van der Waals surface area contributed by atoms with Gasteiger partial charge in [-0.05, 0) is 44.4 Å². The average Bonchev–Trinajstić information content (AvgIpc) is 3.17. The number of hydrogen-bond acceptors (Lipinski definition) is 5. The van der Waals surface area contributed by atoms with E-state index in [1.165, 1.54) is 17.5 Å². The first kappa shape index (κ1) is 21.0. The molecule has 1 atom stereocenters. The standard InChI is InChI=1S/C17H25N3O4S.ClH/c1-24-15-12-13(19-17(21)14-6-2-3-9-18-14)7-8-16(15)25(22,23)20-10-4-5-11-20;/h7-8,12,14,18H,2-6,9-11H2,1H3,(H,19,21);1H. The fourth-order valence-corrected chi connectivity index (χ4v) is 4.98. The molecule has 2 fully saturated rings. The van der Waals surface area contributed by atoms with E-state index in [9.17, 15) is 13.2 Å². The summed E-state index contributed by atoms with van der Waals surface area (Å²) in [7, 11) is -2.13. The highest BCUT2D eigenvalue weighted by molar-refractivity contribution is 7.89. The molecule has 3 rings (SSSR count). The van der Waals surface area contributed by atoms with Crippen molar-refractivity contribution in [3.8, 4) is 5.75 Å². The van der Waals surface area contributed by atoms with Crippen molar-refractivity contribution < 1.29 is 17.9 Å². The summed E-state index contributed by atoms with van der Waals surface area (Å²) in [5.41, 5.74) is 0.537. The molecule has 9 heteroatoms. The van der Waals surface area contributed by atoms with Gasteiger partial charge in [-0.25, -0.2) is 8.42 Å². The Kier molecular flexibility index (Phi) is 7.28. The number of carbonyl (C=O) groups excluding carboxylic acids is 1. The van der Waals surface area contributed by atoms with Crippen LogP contribution in [0.5, 0.6) is 5.75 Å². The Morgan fingerprint density at radius 3 is 2.58 bits per heavy atom. The molecule has 146 valence electrons. The van der Waals surface area contributed by atoms with Crippen molar-refractivity contribution in [2.75, 3.05) is 32.1 Å². The Balaban J connectivity index is 0.00000243. The highest BCUT2D eigenvalue weighted by Gasteiger charge is 2.30. The second kappa shape index (κ2) is 9.03. The molecule has 0 aliphatic carbocycles. The van der Waals surface area contributed by atoms with E-state index in [1.807, 2.05) is 0 Å². The summed E-state index contributed by atoms with van der Waals surface area (Å²) in [4.78, 5) is 12.5. The van der Waals surface area contributed by atoms with Crippen LogP contribution in [-0.4, -0.2) is 51.4 Å². The number of halogens is 1. The fourth-order valence-electron chi connectivity index (χ4n) is 3.33. The number of piperidine rings is 1. The molecule has 1 amide bonds. The quantitative estimate of drug-likeness (QED) is 0.784. The van der Waals surface area contributed by atoms with Gasteiger partial charge in [0.1, 0.15) is 10.6 Å². The maximum Gasteiger partial charge on any atom is 0.246 e. The van der Waals surface area contributed by atoms with Gasteiger partial charge in [-0.1, -0.05) is 6.42 Å². The Hall–Kier alpha value is -1.35. The molecule has 7 nitrogen and oxygen atoms in total. The molecular formula is C17H26ClN3O4S. The monoisotopic (exact) mass is 403 g/mol. The zero-order chi connectivity index (χ0) is 17.9. The van der Waals surface area contributed by atoms with E-state index < -0.39 is 10.0 Å². The predicted octanol–water partition coefficient (Wildman–Crippen LogP) is 1.98. The van der Waals surface area contributed by atoms with E-state index in [2.05, 4.69) is 10.6 Å². The van der Waals surface area contributed by atoms with Gasteiger partial charge in [0.05, 0.1) is 13.2 Å². The number of nitrogens with one attached hydrogen (secondary N) is 2. The molecule has 2 aliphatic heterocycles. The molecule has 0 radical (unpaired) electrons. The number of ether oxygens (including phenoxy) is 1. The number of hydrogen-bond donors (Lipinski definition) is 2. The van der Waals surface area contributed by atoms with Crippen LogP contribution in [-0.2, 0) is 14.8 Å². The Bertz CT molecular complexity index is 730. The number of amides is 1. The second-order valence-corrected chi connectivity index (χ2v) is 8.37. The van der Waals surface area contributed by atoms with Gasteiger partial charge in [-0.2, -0.15) is 4.31 Å². The van der Waals surface area contributed by atoms with Crippen LogP contribution in [0.25, 0.3) is 0 Å².